The van der Waals surface area contributed by atoms with Gasteiger partial charge in [0.15, 0.2) is 0 Å². The normalized spacial score (nSPS) is 11.6. The SMILES string of the molecule is CCCC(c1cccc(C(=O)O)c1)N(C)c1ccccc1N(C=O)CC(=N)c1c(C)cc(C)cc1S. The van der Waals surface area contributed by atoms with Gasteiger partial charge in [0.1, 0.15) is 0 Å². The predicted molar refractivity (Wildman–Crippen MR) is 149 cm³/mol. The zero-order valence-corrected chi connectivity index (χ0v) is 22.0. The zero-order chi connectivity index (χ0) is 26.4. The minimum absolute atomic E-state index is 0.0909. The maximum atomic E-state index is 12.3. The van der Waals surface area contributed by atoms with Crippen molar-refractivity contribution >= 4 is 42.1 Å². The number of aromatic carboxylic acids is 1. The molecule has 0 spiro atoms. The molecule has 7 heteroatoms. The molecule has 0 aliphatic rings. The summed E-state index contributed by atoms with van der Waals surface area (Å²) in [5.41, 5.74) is 5.70. The van der Waals surface area contributed by atoms with Crippen LogP contribution < -0.4 is 9.80 Å². The number of carboxylic acid groups (broad SMARTS) is 1. The van der Waals surface area contributed by atoms with Crippen LogP contribution in [0.3, 0.4) is 0 Å². The predicted octanol–water partition coefficient (Wildman–Crippen LogP) is 6.30. The Labute approximate surface area is 218 Å². The molecule has 0 heterocycles. The van der Waals surface area contributed by atoms with Crippen molar-refractivity contribution in [2.45, 2.75) is 44.6 Å². The van der Waals surface area contributed by atoms with Gasteiger partial charge in [0.25, 0.3) is 0 Å². The zero-order valence-electron chi connectivity index (χ0n) is 21.2. The number of nitrogens with one attached hydrogen (secondary N) is 1. The molecular formula is C29H33N3O3S. The van der Waals surface area contributed by atoms with Gasteiger partial charge in [-0.15, -0.1) is 12.6 Å². The van der Waals surface area contributed by atoms with E-state index in [1.807, 2.05) is 63.4 Å². The Kier molecular flexibility index (Phi) is 8.93. The van der Waals surface area contributed by atoms with E-state index >= 15 is 0 Å². The van der Waals surface area contributed by atoms with Gasteiger partial charge in [-0.2, -0.15) is 0 Å². The largest absolute Gasteiger partial charge is 0.478 e. The molecule has 0 saturated heterocycles. The monoisotopic (exact) mass is 503 g/mol. The van der Waals surface area contributed by atoms with Gasteiger partial charge in [-0.25, -0.2) is 4.79 Å². The Balaban J connectivity index is 1.98. The van der Waals surface area contributed by atoms with Crippen LogP contribution in [0.2, 0.25) is 0 Å². The lowest BCUT2D eigenvalue weighted by atomic mass is 9.98. The van der Waals surface area contributed by atoms with Crippen molar-refractivity contribution < 1.29 is 14.7 Å². The summed E-state index contributed by atoms with van der Waals surface area (Å²) in [6.07, 6.45) is 2.45. The number of carbonyl (C=O) groups excluding carboxylic acids is 1. The van der Waals surface area contributed by atoms with Gasteiger partial charge >= 0.3 is 5.97 Å². The maximum Gasteiger partial charge on any atom is 0.335 e. The maximum absolute atomic E-state index is 12.3. The number of nitrogens with zero attached hydrogens (tertiary/aromatic N) is 2. The highest BCUT2D eigenvalue weighted by Crippen LogP contribution is 2.36. The second kappa shape index (κ2) is 11.9. The van der Waals surface area contributed by atoms with Crippen molar-refractivity contribution in [3.8, 4) is 0 Å². The molecule has 36 heavy (non-hydrogen) atoms. The van der Waals surface area contributed by atoms with Gasteiger partial charge in [0, 0.05) is 17.5 Å². The molecule has 3 rings (SSSR count). The standard InChI is InChI=1S/C29H33N3O3S/c1-5-9-24(21-10-8-11-22(16-21)29(34)35)31(4)25-12-6-7-13-26(25)32(18-33)17-23(30)28-20(3)14-19(2)15-27(28)36/h6-8,10-16,18,24,30,36H,5,9,17H2,1-4H3,(H,34,35). The van der Waals surface area contributed by atoms with E-state index < -0.39 is 5.97 Å². The number of hydrogen-bond acceptors (Lipinski definition) is 5. The average Bonchev–Trinajstić information content (AvgIpc) is 2.85. The van der Waals surface area contributed by atoms with Crippen molar-refractivity contribution in [1.82, 2.24) is 0 Å². The fraction of sp³-hybridized carbons (Fsp3) is 0.276. The van der Waals surface area contributed by atoms with Crippen LogP contribution in [0.4, 0.5) is 11.4 Å². The third-order valence-electron chi connectivity index (χ3n) is 6.34. The Morgan fingerprint density at radius 2 is 1.78 bits per heavy atom. The quantitative estimate of drug-likeness (QED) is 0.163. The minimum atomic E-state index is -0.962. The van der Waals surface area contributed by atoms with E-state index in [2.05, 4.69) is 24.5 Å². The van der Waals surface area contributed by atoms with Crippen LogP contribution in [0.15, 0.2) is 65.6 Å². The Morgan fingerprint density at radius 1 is 1.08 bits per heavy atom. The van der Waals surface area contributed by atoms with E-state index in [9.17, 15) is 14.7 Å². The lowest BCUT2D eigenvalue weighted by Crippen LogP contribution is -2.32. The first-order valence-corrected chi connectivity index (χ1v) is 12.4. The van der Waals surface area contributed by atoms with Gasteiger partial charge in [-0.05, 0) is 67.3 Å². The molecule has 2 N–H and O–H groups in total. The molecule has 0 aliphatic carbocycles. The molecule has 6 nitrogen and oxygen atoms in total. The van der Waals surface area contributed by atoms with Crippen LogP contribution in [-0.2, 0) is 4.79 Å². The highest BCUT2D eigenvalue weighted by molar-refractivity contribution is 7.80. The van der Waals surface area contributed by atoms with Crippen molar-refractivity contribution in [2.75, 3.05) is 23.4 Å². The number of para-hydroxylation sites is 2. The molecular weight excluding hydrogens is 470 g/mol. The summed E-state index contributed by atoms with van der Waals surface area (Å²) in [7, 11) is 1.96. The number of benzene rings is 3. The fourth-order valence-corrected chi connectivity index (χ4v) is 5.19. The summed E-state index contributed by atoms with van der Waals surface area (Å²) in [5.74, 6) is -0.962. The number of thiol groups is 1. The first-order chi connectivity index (χ1) is 17.2. The number of aryl methyl sites for hydroxylation is 2. The third-order valence-corrected chi connectivity index (χ3v) is 6.69. The van der Waals surface area contributed by atoms with Gasteiger partial charge in [-0.1, -0.05) is 43.7 Å². The van der Waals surface area contributed by atoms with E-state index in [4.69, 9.17) is 5.41 Å². The smallest absolute Gasteiger partial charge is 0.335 e. The first-order valence-electron chi connectivity index (χ1n) is 11.9. The van der Waals surface area contributed by atoms with Crippen molar-refractivity contribution in [1.29, 1.82) is 5.41 Å². The van der Waals surface area contributed by atoms with E-state index in [-0.39, 0.29) is 18.2 Å². The highest BCUT2D eigenvalue weighted by atomic mass is 32.1. The van der Waals surface area contributed by atoms with E-state index in [1.54, 1.807) is 18.2 Å². The lowest BCUT2D eigenvalue weighted by molar-refractivity contribution is -0.107. The first kappa shape index (κ1) is 27.0. The molecule has 0 radical (unpaired) electrons. The molecule has 3 aromatic carbocycles. The Hall–Kier alpha value is -3.58. The highest BCUT2D eigenvalue weighted by Gasteiger charge is 2.23. The van der Waals surface area contributed by atoms with Crippen LogP contribution in [0, 0.1) is 19.3 Å². The number of carboxylic acids is 1. The molecule has 3 aromatic rings. The molecule has 1 amide bonds. The molecule has 0 aliphatic heterocycles. The van der Waals surface area contributed by atoms with Crippen LogP contribution in [0.5, 0.6) is 0 Å². The molecule has 188 valence electrons. The molecule has 0 bridgehead atoms. The molecule has 1 atom stereocenters. The second-order valence-corrected chi connectivity index (χ2v) is 9.50. The van der Waals surface area contributed by atoms with E-state index in [1.165, 1.54) is 4.90 Å². The van der Waals surface area contributed by atoms with Crippen molar-refractivity contribution in [2.24, 2.45) is 0 Å². The fourth-order valence-electron chi connectivity index (χ4n) is 4.68. The van der Waals surface area contributed by atoms with E-state index in [0.29, 0.717) is 11.4 Å². The summed E-state index contributed by atoms with van der Waals surface area (Å²) in [6, 6.07) is 18.4. The molecule has 0 saturated carbocycles. The number of carbonyl (C=O) groups is 2. The van der Waals surface area contributed by atoms with Crippen LogP contribution in [0.1, 0.15) is 58.4 Å². The molecule has 0 aromatic heterocycles. The summed E-state index contributed by atoms with van der Waals surface area (Å²) in [4.78, 5) is 28.2. The molecule has 0 fully saturated rings. The lowest BCUT2D eigenvalue weighted by Gasteiger charge is -2.34. The number of hydrogen-bond donors (Lipinski definition) is 3. The minimum Gasteiger partial charge on any atom is -0.478 e. The van der Waals surface area contributed by atoms with Crippen LogP contribution >= 0.6 is 12.6 Å². The van der Waals surface area contributed by atoms with Gasteiger partial charge in [0.2, 0.25) is 6.41 Å². The number of rotatable bonds is 11. The summed E-state index contributed by atoms with van der Waals surface area (Å²) < 4.78 is 0. The Bertz CT molecular complexity index is 1250. The number of anilines is 2. The summed E-state index contributed by atoms with van der Waals surface area (Å²) in [6.45, 7) is 6.12. The summed E-state index contributed by atoms with van der Waals surface area (Å²) >= 11 is 4.58. The number of amides is 1. The summed E-state index contributed by atoms with van der Waals surface area (Å²) in [5, 5.41) is 18.2. The van der Waals surface area contributed by atoms with E-state index in [0.717, 1.165) is 52.1 Å². The van der Waals surface area contributed by atoms with Crippen molar-refractivity contribution in [3.63, 3.8) is 0 Å². The Morgan fingerprint density at radius 3 is 2.39 bits per heavy atom. The average molecular weight is 504 g/mol. The second-order valence-electron chi connectivity index (χ2n) is 9.02. The van der Waals surface area contributed by atoms with Crippen molar-refractivity contribution in [3.05, 3.63) is 88.5 Å². The topological polar surface area (TPSA) is 84.7 Å². The van der Waals surface area contributed by atoms with Crippen LogP contribution in [-0.4, -0.2) is 36.8 Å². The molecule has 1 unspecified atom stereocenters. The van der Waals surface area contributed by atoms with Gasteiger partial charge in [-0.3, -0.25) is 4.79 Å². The van der Waals surface area contributed by atoms with Gasteiger partial charge < -0.3 is 20.3 Å². The van der Waals surface area contributed by atoms with Gasteiger partial charge in [0.05, 0.1) is 35.2 Å². The third kappa shape index (κ3) is 5.97. The van der Waals surface area contributed by atoms with Crippen LogP contribution in [0.25, 0.3) is 0 Å².